The Bertz CT molecular complexity index is 3530. The maximum atomic E-state index is 5.30. The van der Waals surface area contributed by atoms with E-state index in [9.17, 15) is 0 Å². The zero-order chi connectivity index (χ0) is 41.7. The van der Waals surface area contributed by atoms with Crippen molar-refractivity contribution in [2.24, 2.45) is 0 Å². The van der Waals surface area contributed by atoms with Crippen LogP contribution in [-0.4, -0.2) is 34.3 Å². The van der Waals surface area contributed by atoms with Crippen LogP contribution in [0.25, 0.3) is 118 Å². The number of nitrogens with zero attached hydrogens (tertiary/aromatic N) is 7. The maximum absolute atomic E-state index is 5.30. The Morgan fingerprint density at radius 3 is 1.13 bits per heavy atom. The highest BCUT2D eigenvalue weighted by molar-refractivity contribution is 6.22. The lowest BCUT2D eigenvalue weighted by molar-refractivity contribution is 1.07. The van der Waals surface area contributed by atoms with E-state index >= 15 is 0 Å². The summed E-state index contributed by atoms with van der Waals surface area (Å²) >= 11 is 0. The second-order valence-corrected chi connectivity index (χ2v) is 15.5. The van der Waals surface area contributed by atoms with Crippen molar-refractivity contribution in [1.82, 2.24) is 34.3 Å². The van der Waals surface area contributed by atoms with Crippen molar-refractivity contribution in [2.45, 2.75) is 0 Å². The molecule has 0 saturated carbocycles. The Labute approximate surface area is 362 Å². The predicted molar refractivity (Wildman–Crippen MR) is 255 cm³/mol. The van der Waals surface area contributed by atoms with Crippen LogP contribution in [0.15, 0.2) is 212 Å². The van der Waals surface area contributed by atoms with Crippen LogP contribution >= 0.6 is 0 Å². The van der Waals surface area contributed by atoms with Gasteiger partial charge < -0.3 is 4.40 Å². The maximum Gasteiger partial charge on any atom is 0.166 e. The number of aromatic nitrogens is 7. The molecule has 0 bridgehead atoms. The third-order valence-corrected chi connectivity index (χ3v) is 11.7. The fourth-order valence-corrected chi connectivity index (χ4v) is 8.70. The van der Waals surface area contributed by atoms with Crippen molar-refractivity contribution in [3.8, 4) is 79.5 Å². The van der Waals surface area contributed by atoms with Gasteiger partial charge in [0.05, 0.1) is 22.1 Å². The Morgan fingerprint density at radius 2 is 0.635 bits per heavy atom. The largest absolute Gasteiger partial charge is 0.308 e. The van der Waals surface area contributed by atoms with Crippen LogP contribution in [0.4, 0.5) is 0 Å². The molecule has 8 aromatic carbocycles. The van der Waals surface area contributed by atoms with Crippen LogP contribution in [0.1, 0.15) is 0 Å². The first kappa shape index (κ1) is 36.2. The third-order valence-electron chi connectivity index (χ3n) is 11.7. The molecule has 0 spiro atoms. The summed E-state index contributed by atoms with van der Waals surface area (Å²) in [6.07, 6.45) is 0. The molecule has 63 heavy (non-hydrogen) atoms. The normalized spacial score (nSPS) is 11.5. The molecule has 0 unspecified atom stereocenters. The van der Waals surface area contributed by atoms with E-state index in [1.54, 1.807) is 0 Å². The number of hydrogen-bond acceptors (Lipinski definition) is 6. The van der Waals surface area contributed by atoms with Gasteiger partial charge in [-0.1, -0.05) is 188 Å². The van der Waals surface area contributed by atoms with Gasteiger partial charge in [0.15, 0.2) is 34.9 Å². The molecule has 4 heterocycles. The minimum absolute atomic E-state index is 0.602. The first-order chi connectivity index (χ1) is 31.2. The van der Waals surface area contributed by atoms with Crippen LogP contribution in [-0.2, 0) is 0 Å². The molecule has 0 amide bonds. The summed E-state index contributed by atoms with van der Waals surface area (Å²) in [5.74, 6) is 3.68. The molecule has 4 aromatic heterocycles. The van der Waals surface area contributed by atoms with Gasteiger partial charge in [-0.2, -0.15) is 0 Å². The molecule has 0 fully saturated rings. The highest BCUT2D eigenvalue weighted by Gasteiger charge is 2.24. The van der Waals surface area contributed by atoms with Crippen molar-refractivity contribution >= 4 is 38.1 Å². The van der Waals surface area contributed by atoms with Crippen LogP contribution < -0.4 is 0 Å². The average Bonchev–Trinajstić information content (AvgIpc) is 3.72. The molecule has 0 N–H and O–H groups in total. The zero-order valence-electron chi connectivity index (χ0n) is 33.8. The Morgan fingerprint density at radius 1 is 0.238 bits per heavy atom. The molecule has 0 atom stereocenters. The van der Waals surface area contributed by atoms with Crippen molar-refractivity contribution in [1.29, 1.82) is 0 Å². The fourth-order valence-electron chi connectivity index (χ4n) is 8.70. The number of pyridine rings is 1. The topological polar surface area (TPSA) is 81.8 Å². The standard InChI is InChI=1S/C56H35N7/c1-6-18-36(19-7-1)41-30-32-45-48(35-41)63-47-33-31-42(55-59-51(37-20-8-2-9-21-37)57-52(60-55)38-22-10-3-11-23-38)34-46(47)43-28-16-17-29-44(43)50(63)49(45)56-61-53(39-24-12-4-13-25-39)58-54(62-56)40-26-14-5-15-27-40/h1-35H. The summed E-state index contributed by atoms with van der Waals surface area (Å²) in [4.78, 5) is 30.8. The lowest BCUT2D eigenvalue weighted by Crippen LogP contribution is -2.01. The quantitative estimate of drug-likeness (QED) is 0.149. The molecule has 0 saturated heterocycles. The van der Waals surface area contributed by atoms with Crippen molar-refractivity contribution < 1.29 is 0 Å². The van der Waals surface area contributed by atoms with Gasteiger partial charge in [0, 0.05) is 44.0 Å². The SMILES string of the molecule is c1ccc(-c2ccc3c(-c4nc(-c5ccccc5)nc(-c5ccccc5)n4)c4c5ccccc5c5cc(-c6nc(-c7ccccc7)nc(-c7ccccc7)n6)ccc5n4c3c2)cc1. The Hall–Kier alpha value is -8.68. The van der Waals surface area contributed by atoms with E-state index in [0.29, 0.717) is 34.9 Å². The van der Waals surface area contributed by atoms with Crippen molar-refractivity contribution in [3.63, 3.8) is 0 Å². The number of fused-ring (bicyclic) bond motifs is 8. The van der Waals surface area contributed by atoms with Gasteiger partial charge in [0.2, 0.25) is 0 Å². The molecule has 7 heteroatoms. The average molecular weight is 806 g/mol. The van der Waals surface area contributed by atoms with E-state index in [2.05, 4.69) is 120 Å². The zero-order valence-corrected chi connectivity index (χ0v) is 33.8. The van der Waals surface area contributed by atoms with Gasteiger partial charge in [0.1, 0.15) is 0 Å². The first-order valence-electron chi connectivity index (χ1n) is 21.0. The van der Waals surface area contributed by atoms with E-state index in [1.807, 2.05) is 97.1 Å². The summed E-state index contributed by atoms with van der Waals surface area (Å²) in [6, 6.07) is 72.9. The summed E-state index contributed by atoms with van der Waals surface area (Å²) in [6.45, 7) is 0. The highest BCUT2D eigenvalue weighted by atomic mass is 15.1. The Balaban J connectivity index is 1.17. The molecular weight excluding hydrogens is 771 g/mol. The molecule has 0 aliphatic rings. The summed E-state index contributed by atoms with van der Waals surface area (Å²) < 4.78 is 2.39. The molecule has 294 valence electrons. The van der Waals surface area contributed by atoms with E-state index in [0.717, 1.165) is 82.6 Å². The van der Waals surface area contributed by atoms with Gasteiger partial charge in [0.25, 0.3) is 0 Å². The number of rotatable bonds is 7. The predicted octanol–water partition coefficient (Wildman–Crippen LogP) is 13.4. The molecule has 12 aromatic rings. The van der Waals surface area contributed by atoms with E-state index < -0.39 is 0 Å². The molecule has 0 aliphatic heterocycles. The van der Waals surface area contributed by atoms with Crippen LogP contribution in [0.5, 0.6) is 0 Å². The fraction of sp³-hybridized carbons (Fsp3) is 0. The first-order valence-corrected chi connectivity index (χ1v) is 21.0. The third kappa shape index (κ3) is 6.38. The number of hydrogen-bond donors (Lipinski definition) is 0. The summed E-state index contributed by atoms with van der Waals surface area (Å²) in [7, 11) is 0. The van der Waals surface area contributed by atoms with Gasteiger partial charge in [-0.15, -0.1) is 0 Å². The minimum atomic E-state index is 0.602. The molecule has 0 radical (unpaired) electrons. The summed E-state index contributed by atoms with van der Waals surface area (Å²) in [5.41, 5.74) is 10.9. The van der Waals surface area contributed by atoms with Gasteiger partial charge >= 0.3 is 0 Å². The summed E-state index contributed by atoms with van der Waals surface area (Å²) in [5, 5.41) is 4.27. The molecule has 12 rings (SSSR count). The van der Waals surface area contributed by atoms with E-state index in [1.165, 1.54) is 0 Å². The van der Waals surface area contributed by atoms with Crippen molar-refractivity contribution in [3.05, 3.63) is 212 Å². The smallest absolute Gasteiger partial charge is 0.166 e. The second kappa shape index (κ2) is 15.1. The van der Waals surface area contributed by atoms with Crippen LogP contribution in [0.2, 0.25) is 0 Å². The molecular formula is C56H35N7. The minimum Gasteiger partial charge on any atom is -0.308 e. The lowest BCUT2D eigenvalue weighted by Gasteiger charge is -2.14. The molecule has 7 nitrogen and oxygen atoms in total. The second-order valence-electron chi connectivity index (χ2n) is 15.5. The highest BCUT2D eigenvalue weighted by Crippen LogP contribution is 2.44. The lowest BCUT2D eigenvalue weighted by atomic mass is 10.0. The Kier molecular flexibility index (Phi) is 8.67. The van der Waals surface area contributed by atoms with Crippen LogP contribution in [0.3, 0.4) is 0 Å². The van der Waals surface area contributed by atoms with Gasteiger partial charge in [-0.25, -0.2) is 29.9 Å². The monoisotopic (exact) mass is 805 g/mol. The van der Waals surface area contributed by atoms with Crippen molar-refractivity contribution in [2.75, 3.05) is 0 Å². The van der Waals surface area contributed by atoms with Gasteiger partial charge in [-0.3, -0.25) is 0 Å². The number of benzene rings is 8. The molecule has 0 aliphatic carbocycles. The van der Waals surface area contributed by atoms with E-state index in [4.69, 9.17) is 29.9 Å². The van der Waals surface area contributed by atoms with E-state index in [-0.39, 0.29) is 0 Å². The van der Waals surface area contributed by atoms with Crippen LogP contribution in [0, 0.1) is 0 Å². The van der Waals surface area contributed by atoms with Gasteiger partial charge in [-0.05, 0) is 40.8 Å².